The molecule has 0 N–H and O–H groups in total. The largest absolute Gasteiger partial charge is 0.532 e. The van der Waals surface area contributed by atoms with E-state index in [1.54, 1.807) is 6.07 Å². The van der Waals surface area contributed by atoms with E-state index in [1.807, 2.05) is 19.6 Å². The average molecular weight is 267 g/mol. The van der Waals surface area contributed by atoms with Crippen LogP contribution in [-0.2, 0) is 4.43 Å². The zero-order valence-electron chi connectivity index (χ0n) is 11.2. The second kappa shape index (κ2) is 5.82. The van der Waals surface area contributed by atoms with Crippen molar-refractivity contribution in [2.45, 2.75) is 19.6 Å². The van der Waals surface area contributed by atoms with E-state index in [0.717, 1.165) is 0 Å². The second-order valence-corrected chi connectivity index (χ2v) is 9.18. The lowest BCUT2D eigenvalue weighted by Gasteiger charge is -2.18. The summed E-state index contributed by atoms with van der Waals surface area (Å²) in [7, 11) is -0.184. The van der Waals surface area contributed by atoms with Gasteiger partial charge >= 0.3 is 0 Å². The summed E-state index contributed by atoms with van der Waals surface area (Å²) in [6.45, 7) is 9.83. The molecule has 1 aromatic carbocycles. The van der Waals surface area contributed by atoms with Crippen molar-refractivity contribution >= 4 is 14.5 Å². The van der Waals surface area contributed by atoms with Crippen LogP contribution in [0.3, 0.4) is 0 Å². The maximum absolute atomic E-state index is 13.1. The summed E-state index contributed by atoms with van der Waals surface area (Å²) in [5.74, 6) is 0.551. The zero-order chi connectivity index (χ0) is 13.8. The summed E-state index contributed by atoms with van der Waals surface area (Å²) in [4.78, 5) is 4.08. The fourth-order valence-electron chi connectivity index (χ4n) is 1.33. The molecule has 0 fully saturated rings. The molecule has 0 spiro atoms. The molecule has 5 heteroatoms. The second-order valence-electron chi connectivity index (χ2n) is 4.75. The highest BCUT2D eigenvalue weighted by Crippen LogP contribution is 2.18. The molecule has 3 nitrogen and oxygen atoms in total. The zero-order valence-corrected chi connectivity index (χ0v) is 12.2. The molecule has 0 radical (unpaired) electrons. The molecule has 1 rings (SSSR count). The SMILES string of the molecule is C=C(N=Cc1cc(F)ccc1OC)O[Si](C)(C)C. The van der Waals surface area contributed by atoms with Gasteiger partial charge in [0, 0.05) is 11.8 Å². The number of aliphatic imine (C=N–C) groups is 1. The van der Waals surface area contributed by atoms with Gasteiger partial charge in [-0.15, -0.1) is 0 Å². The lowest BCUT2D eigenvalue weighted by atomic mass is 10.2. The van der Waals surface area contributed by atoms with Crippen LogP contribution in [0.4, 0.5) is 4.39 Å². The third-order valence-electron chi connectivity index (χ3n) is 1.96. The first-order valence-corrected chi connectivity index (χ1v) is 8.98. The van der Waals surface area contributed by atoms with Gasteiger partial charge in [-0.05, 0) is 44.4 Å². The number of nitrogens with zero attached hydrogens (tertiary/aromatic N) is 1. The van der Waals surface area contributed by atoms with Crippen LogP contribution in [0.25, 0.3) is 0 Å². The Kier molecular flexibility index (Phi) is 4.67. The van der Waals surface area contributed by atoms with Crippen LogP contribution in [0.2, 0.25) is 19.6 Å². The predicted molar refractivity (Wildman–Crippen MR) is 74.1 cm³/mol. The summed E-state index contributed by atoms with van der Waals surface area (Å²) in [6, 6.07) is 4.24. The number of methoxy groups -OCH3 is 1. The molecule has 0 unspecified atom stereocenters. The van der Waals surface area contributed by atoms with Crippen molar-refractivity contribution in [3.05, 3.63) is 42.0 Å². The number of hydrogen-bond acceptors (Lipinski definition) is 3. The van der Waals surface area contributed by atoms with E-state index < -0.39 is 8.32 Å². The van der Waals surface area contributed by atoms with Crippen molar-refractivity contribution < 1.29 is 13.6 Å². The van der Waals surface area contributed by atoms with Crippen LogP contribution >= 0.6 is 0 Å². The summed E-state index contributed by atoms with van der Waals surface area (Å²) in [6.07, 6.45) is 1.49. The molecule has 0 bridgehead atoms. The van der Waals surface area contributed by atoms with Crippen LogP contribution in [0.1, 0.15) is 5.56 Å². The molecule has 0 atom stereocenters. The van der Waals surface area contributed by atoms with Gasteiger partial charge in [0.2, 0.25) is 8.32 Å². The molecule has 1 aromatic rings. The molecule has 0 aliphatic carbocycles. The fraction of sp³-hybridized carbons (Fsp3) is 0.308. The monoisotopic (exact) mass is 267 g/mol. The van der Waals surface area contributed by atoms with Crippen molar-refractivity contribution in [3.8, 4) is 5.75 Å². The van der Waals surface area contributed by atoms with E-state index in [9.17, 15) is 4.39 Å². The normalized spacial score (nSPS) is 11.6. The minimum Gasteiger partial charge on any atom is -0.532 e. The number of halogens is 1. The number of hydrogen-bond donors (Lipinski definition) is 0. The molecule has 0 aromatic heterocycles. The molecule has 0 saturated carbocycles. The Morgan fingerprint density at radius 2 is 2.06 bits per heavy atom. The van der Waals surface area contributed by atoms with Gasteiger partial charge in [-0.3, -0.25) is 0 Å². The average Bonchev–Trinajstić information content (AvgIpc) is 2.24. The van der Waals surface area contributed by atoms with Crippen LogP contribution < -0.4 is 4.74 Å². The Morgan fingerprint density at radius 1 is 1.39 bits per heavy atom. The van der Waals surface area contributed by atoms with E-state index in [1.165, 1.54) is 25.5 Å². The third-order valence-corrected chi connectivity index (χ3v) is 2.81. The van der Waals surface area contributed by atoms with Gasteiger partial charge in [0.1, 0.15) is 11.6 Å². The minimum absolute atomic E-state index is 0.334. The Bertz CT molecular complexity index is 467. The summed E-state index contributed by atoms with van der Waals surface area (Å²) < 4.78 is 23.8. The van der Waals surface area contributed by atoms with E-state index >= 15 is 0 Å². The smallest absolute Gasteiger partial charge is 0.244 e. The molecule has 0 amide bonds. The van der Waals surface area contributed by atoms with E-state index in [2.05, 4.69) is 11.6 Å². The van der Waals surface area contributed by atoms with Crippen molar-refractivity contribution in [1.29, 1.82) is 0 Å². The van der Waals surface area contributed by atoms with Gasteiger partial charge in [-0.1, -0.05) is 0 Å². The third kappa shape index (κ3) is 4.71. The molecular formula is C13H18FNO2Si. The highest BCUT2D eigenvalue weighted by atomic mass is 28.4. The first kappa shape index (κ1) is 14.4. The van der Waals surface area contributed by atoms with E-state index in [-0.39, 0.29) is 5.82 Å². The van der Waals surface area contributed by atoms with Gasteiger partial charge in [-0.25, -0.2) is 9.38 Å². The van der Waals surface area contributed by atoms with Crippen LogP contribution in [0.5, 0.6) is 5.75 Å². The Morgan fingerprint density at radius 3 is 2.61 bits per heavy atom. The standard InChI is InChI=1S/C13H18FNO2Si/c1-10(17-18(3,4)5)15-9-11-8-12(14)6-7-13(11)16-2/h6-9H,1H2,2-5H3. The summed E-state index contributed by atoms with van der Waals surface area (Å²) >= 11 is 0. The molecular weight excluding hydrogens is 249 g/mol. The lowest BCUT2D eigenvalue weighted by molar-refractivity contribution is 0.412. The Labute approximate surface area is 108 Å². The number of ether oxygens (including phenoxy) is 1. The fourth-order valence-corrected chi connectivity index (χ4v) is 2.09. The molecule has 0 aliphatic rings. The first-order chi connectivity index (χ1) is 8.31. The molecule has 18 heavy (non-hydrogen) atoms. The van der Waals surface area contributed by atoms with Gasteiger partial charge in [-0.2, -0.15) is 0 Å². The van der Waals surface area contributed by atoms with E-state index in [0.29, 0.717) is 17.2 Å². The van der Waals surface area contributed by atoms with Crippen molar-refractivity contribution in [2.75, 3.05) is 7.11 Å². The molecule has 0 heterocycles. The molecule has 98 valence electrons. The highest BCUT2D eigenvalue weighted by Gasteiger charge is 2.16. The molecule has 0 saturated heterocycles. The highest BCUT2D eigenvalue weighted by molar-refractivity contribution is 6.70. The van der Waals surface area contributed by atoms with Crippen LogP contribution in [0.15, 0.2) is 35.7 Å². The van der Waals surface area contributed by atoms with Gasteiger partial charge in [0.25, 0.3) is 0 Å². The number of benzene rings is 1. The lowest BCUT2D eigenvalue weighted by Crippen LogP contribution is -2.24. The van der Waals surface area contributed by atoms with Crippen LogP contribution in [0, 0.1) is 5.82 Å². The van der Waals surface area contributed by atoms with Crippen molar-refractivity contribution in [1.82, 2.24) is 0 Å². The summed E-state index contributed by atoms with van der Waals surface area (Å²) in [5, 5.41) is 0. The topological polar surface area (TPSA) is 30.8 Å². The van der Waals surface area contributed by atoms with Gasteiger partial charge in [0.15, 0.2) is 5.88 Å². The Balaban J connectivity index is 2.84. The summed E-state index contributed by atoms with van der Waals surface area (Å²) in [5.41, 5.74) is 0.554. The minimum atomic E-state index is -1.71. The van der Waals surface area contributed by atoms with Crippen molar-refractivity contribution in [3.63, 3.8) is 0 Å². The first-order valence-electron chi connectivity index (χ1n) is 5.57. The van der Waals surface area contributed by atoms with Crippen molar-refractivity contribution in [2.24, 2.45) is 4.99 Å². The number of rotatable bonds is 5. The van der Waals surface area contributed by atoms with E-state index in [4.69, 9.17) is 9.16 Å². The van der Waals surface area contributed by atoms with Gasteiger partial charge < -0.3 is 9.16 Å². The maximum Gasteiger partial charge on any atom is 0.244 e. The van der Waals surface area contributed by atoms with Gasteiger partial charge in [0.05, 0.1) is 7.11 Å². The predicted octanol–water partition coefficient (Wildman–Crippen LogP) is 3.58. The van der Waals surface area contributed by atoms with Crippen LogP contribution in [-0.4, -0.2) is 21.6 Å². The quantitative estimate of drug-likeness (QED) is 0.464. The maximum atomic E-state index is 13.1. The molecule has 0 aliphatic heterocycles. The Hall–Kier alpha value is -1.62.